The summed E-state index contributed by atoms with van der Waals surface area (Å²) >= 11 is 1.14. The molecule has 1 heterocycles. The number of thiazole rings is 1. The minimum absolute atomic E-state index is 0.0246. The van der Waals surface area contributed by atoms with E-state index in [-0.39, 0.29) is 29.6 Å². The van der Waals surface area contributed by atoms with Crippen molar-refractivity contribution in [2.24, 2.45) is 4.99 Å². The zero-order valence-electron chi connectivity index (χ0n) is 16.3. The van der Waals surface area contributed by atoms with Gasteiger partial charge in [0.05, 0.1) is 22.9 Å². The summed E-state index contributed by atoms with van der Waals surface area (Å²) in [5.74, 6) is -0.866. The van der Waals surface area contributed by atoms with Crippen molar-refractivity contribution in [1.29, 1.82) is 0 Å². The number of rotatable bonds is 6. The number of ether oxygens (including phenoxy) is 2. The van der Waals surface area contributed by atoms with Gasteiger partial charge in [0.25, 0.3) is 5.91 Å². The monoisotopic (exact) mass is 416 g/mol. The van der Waals surface area contributed by atoms with Crippen molar-refractivity contribution in [3.8, 4) is 5.75 Å². The molecule has 8 heteroatoms. The zero-order chi connectivity index (χ0) is 21.0. The summed E-state index contributed by atoms with van der Waals surface area (Å²) in [6, 6.07) is 11.2. The molecule has 0 fully saturated rings. The fourth-order valence-electron chi connectivity index (χ4n) is 2.75. The molecule has 0 aliphatic carbocycles. The molecule has 29 heavy (non-hydrogen) atoms. The van der Waals surface area contributed by atoms with Crippen LogP contribution in [-0.2, 0) is 16.1 Å². The average Bonchev–Trinajstić information content (AvgIpc) is 3.00. The van der Waals surface area contributed by atoms with E-state index in [1.807, 2.05) is 13.8 Å². The van der Waals surface area contributed by atoms with Gasteiger partial charge in [0, 0.05) is 5.56 Å². The number of para-hydroxylation sites is 1. The van der Waals surface area contributed by atoms with Gasteiger partial charge < -0.3 is 14.0 Å². The molecule has 0 aliphatic rings. The Balaban J connectivity index is 2.01. The number of amides is 1. The lowest BCUT2D eigenvalue weighted by molar-refractivity contribution is -0.143. The Labute approximate surface area is 171 Å². The SMILES string of the molecule is CCOC(=O)Cn1c(=NC(=O)c2ccc(OC(C)C)cc2)sc2cccc(F)c21. The highest BCUT2D eigenvalue weighted by Crippen LogP contribution is 2.21. The van der Waals surface area contributed by atoms with Crippen LogP contribution >= 0.6 is 11.3 Å². The van der Waals surface area contributed by atoms with Crippen LogP contribution in [0.25, 0.3) is 10.2 Å². The number of nitrogens with zero attached hydrogens (tertiary/aromatic N) is 2. The van der Waals surface area contributed by atoms with Gasteiger partial charge in [0.2, 0.25) is 0 Å². The van der Waals surface area contributed by atoms with Crippen LogP contribution < -0.4 is 9.54 Å². The van der Waals surface area contributed by atoms with Crippen LogP contribution in [0.1, 0.15) is 31.1 Å². The Morgan fingerprint density at radius 1 is 1.17 bits per heavy atom. The number of hydrogen-bond donors (Lipinski definition) is 0. The van der Waals surface area contributed by atoms with E-state index >= 15 is 0 Å². The van der Waals surface area contributed by atoms with E-state index in [1.165, 1.54) is 10.6 Å². The number of esters is 1. The predicted octanol–water partition coefficient (Wildman–Crippen LogP) is 3.93. The van der Waals surface area contributed by atoms with Gasteiger partial charge in [0.1, 0.15) is 18.1 Å². The number of carbonyl (C=O) groups is 2. The molecule has 0 spiro atoms. The molecular formula is C21H21FN2O4S. The Hall–Kier alpha value is -3.00. The van der Waals surface area contributed by atoms with Crippen LogP contribution in [0.4, 0.5) is 4.39 Å². The van der Waals surface area contributed by atoms with Crippen LogP contribution in [-0.4, -0.2) is 29.2 Å². The molecular weight excluding hydrogens is 395 g/mol. The van der Waals surface area contributed by atoms with E-state index < -0.39 is 17.7 Å². The van der Waals surface area contributed by atoms with Crippen molar-refractivity contribution < 1.29 is 23.5 Å². The second-order valence-corrected chi connectivity index (χ2v) is 7.48. The van der Waals surface area contributed by atoms with Crippen molar-refractivity contribution in [2.75, 3.05) is 6.61 Å². The van der Waals surface area contributed by atoms with Crippen LogP contribution in [0.5, 0.6) is 5.75 Å². The summed E-state index contributed by atoms with van der Waals surface area (Å²) in [7, 11) is 0. The molecule has 0 aliphatic heterocycles. The molecule has 0 N–H and O–H groups in total. The number of halogens is 1. The molecule has 0 radical (unpaired) electrons. The number of benzene rings is 2. The second-order valence-electron chi connectivity index (χ2n) is 6.47. The molecule has 152 valence electrons. The van der Waals surface area contributed by atoms with Gasteiger partial charge in [-0.2, -0.15) is 4.99 Å². The van der Waals surface area contributed by atoms with Crippen LogP contribution in [0, 0.1) is 5.82 Å². The Morgan fingerprint density at radius 2 is 1.90 bits per heavy atom. The minimum atomic E-state index is -0.528. The van der Waals surface area contributed by atoms with E-state index in [9.17, 15) is 14.0 Å². The maximum absolute atomic E-state index is 14.4. The van der Waals surface area contributed by atoms with Gasteiger partial charge in [-0.3, -0.25) is 9.59 Å². The van der Waals surface area contributed by atoms with Crippen molar-refractivity contribution in [2.45, 2.75) is 33.4 Å². The van der Waals surface area contributed by atoms with Gasteiger partial charge in [-0.1, -0.05) is 17.4 Å². The Bertz CT molecular complexity index is 1100. The largest absolute Gasteiger partial charge is 0.491 e. The summed E-state index contributed by atoms with van der Waals surface area (Å²) < 4.78 is 26.9. The van der Waals surface area contributed by atoms with Crippen molar-refractivity contribution in [1.82, 2.24) is 4.57 Å². The first-order valence-electron chi connectivity index (χ1n) is 9.18. The van der Waals surface area contributed by atoms with Crippen LogP contribution in [0.3, 0.4) is 0 Å². The molecule has 1 amide bonds. The van der Waals surface area contributed by atoms with Crippen LogP contribution in [0.15, 0.2) is 47.5 Å². The van der Waals surface area contributed by atoms with E-state index in [0.29, 0.717) is 16.0 Å². The number of hydrogen-bond acceptors (Lipinski definition) is 5. The number of carbonyl (C=O) groups excluding carboxylic acids is 2. The lowest BCUT2D eigenvalue weighted by atomic mass is 10.2. The van der Waals surface area contributed by atoms with Crippen molar-refractivity contribution in [3.05, 3.63) is 58.6 Å². The number of aromatic nitrogens is 1. The van der Waals surface area contributed by atoms with Gasteiger partial charge in [-0.05, 0) is 57.2 Å². The fourth-order valence-corrected chi connectivity index (χ4v) is 3.80. The molecule has 0 unspecified atom stereocenters. The zero-order valence-corrected chi connectivity index (χ0v) is 17.2. The van der Waals surface area contributed by atoms with Gasteiger partial charge >= 0.3 is 5.97 Å². The summed E-state index contributed by atoms with van der Waals surface area (Å²) in [4.78, 5) is 29.0. The lowest BCUT2D eigenvalue weighted by Crippen LogP contribution is -2.23. The smallest absolute Gasteiger partial charge is 0.326 e. The third-order valence-corrected chi connectivity index (χ3v) is 4.96. The molecule has 3 rings (SSSR count). The summed E-state index contributed by atoms with van der Waals surface area (Å²) in [5, 5.41) is 0. The maximum Gasteiger partial charge on any atom is 0.326 e. The molecule has 2 aromatic carbocycles. The first-order chi connectivity index (χ1) is 13.9. The van der Waals surface area contributed by atoms with E-state index in [4.69, 9.17) is 9.47 Å². The van der Waals surface area contributed by atoms with Gasteiger partial charge in [-0.25, -0.2) is 4.39 Å². The highest BCUT2D eigenvalue weighted by atomic mass is 32.1. The Kier molecular flexibility index (Phi) is 6.43. The molecule has 1 aromatic heterocycles. The third-order valence-electron chi connectivity index (χ3n) is 3.91. The maximum atomic E-state index is 14.4. The molecule has 0 saturated carbocycles. The quantitative estimate of drug-likeness (QED) is 0.571. The van der Waals surface area contributed by atoms with E-state index in [1.54, 1.807) is 43.3 Å². The molecule has 6 nitrogen and oxygen atoms in total. The summed E-state index contributed by atoms with van der Waals surface area (Å²) in [5.41, 5.74) is 0.583. The topological polar surface area (TPSA) is 69.9 Å². The predicted molar refractivity (Wildman–Crippen MR) is 109 cm³/mol. The average molecular weight is 416 g/mol. The fraction of sp³-hybridized carbons (Fsp3) is 0.286. The van der Waals surface area contributed by atoms with Crippen molar-refractivity contribution >= 4 is 33.4 Å². The van der Waals surface area contributed by atoms with Gasteiger partial charge in [0.15, 0.2) is 4.80 Å². The highest BCUT2D eigenvalue weighted by molar-refractivity contribution is 7.16. The normalized spacial score (nSPS) is 11.8. The first kappa shape index (κ1) is 20.7. The van der Waals surface area contributed by atoms with E-state index in [2.05, 4.69) is 4.99 Å². The molecule has 3 aromatic rings. The standard InChI is InChI=1S/C21H21FN2O4S/c1-4-27-18(25)12-24-19-16(22)6-5-7-17(19)29-21(24)23-20(26)14-8-10-15(11-9-14)28-13(2)3/h5-11,13H,4,12H2,1-3H3. The lowest BCUT2D eigenvalue weighted by Gasteiger charge is -2.09. The third kappa shape index (κ3) is 4.89. The summed E-state index contributed by atoms with van der Waals surface area (Å²) in [6.45, 7) is 5.49. The van der Waals surface area contributed by atoms with Crippen molar-refractivity contribution in [3.63, 3.8) is 0 Å². The van der Waals surface area contributed by atoms with E-state index in [0.717, 1.165) is 11.3 Å². The van der Waals surface area contributed by atoms with Gasteiger partial charge in [-0.15, -0.1) is 0 Å². The molecule has 0 bridgehead atoms. The molecule has 0 saturated heterocycles. The second kappa shape index (κ2) is 9.00. The molecule has 0 atom stereocenters. The highest BCUT2D eigenvalue weighted by Gasteiger charge is 2.15. The van der Waals surface area contributed by atoms with Crippen LogP contribution in [0.2, 0.25) is 0 Å². The Morgan fingerprint density at radius 3 is 2.55 bits per heavy atom. The first-order valence-corrected chi connectivity index (χ1v) is 10.00. The minimum Gasteiger partial charge on any atom is -0.491 e. The summed E-state index contributed by atoms with van der Waals surface area (Å²) in [6.07, 6.45) is 0.0246. The number of fused-ring (bicyclic) bond motifs is 1.